The first-order valence-corrected chi connectivity index (χ1v) is 10.1. The van der Waals surface area contributed by atoms with Gasteiger partial charge < -0.3 is 24.3 Å². The van der Waals surface area contributed by atoms with E-state index < -0.39 is 17.8 Å². The number of esters is 1. The van der Waals surface area contributed by atoms with E-state index in [1.54, 1.807) is 6.92 Å². The molecule has 0 aliphatic heterocycles. The van der Waals surface area contributed by atoms with E-state index in [1.807, 2.05) is 59.7 Å². The van der Waals surface area contributed by atoms with Crippen LogP contribution < -0.4 is 10.1 Å². The molecule has 0 fully saturated rings. The lowest BCUT2D eigenvalue weighted by Crippen LogP contribution is -2.32. The van der Waals surface area contributed by atoms with Gasteiger partial charge in [0.05, 0.1) is 19.3 Å². The molecular formula is C22H35NO6. The highest BCUT2D eigenvalue weighted by atomic mass is 16.6. The van der Waals surface area contributed by atoms with Crippen molar-refractivity contribution in [3.05, 3.63) is 29.3 Å². The molecule has 1 N–H and O–H groups in total. The molecule has 1 unspecified atom stereocenters. The highest BCUT2D eigenvalue weighted by molar-refractivity contribution is 5.75. The molecule has 1 amide bonds. The van der Waals surface area contributed by atoms with Crippen LogP contribution in [-0.2, 0) is 32.0 Å². The maximum Gasteiger partial charge on any atom is 0.407 e. The predicted octanol–water partition coefficient (Wildman–Crippen LogP) is 4.01. The van der Waals surface area contributed by atoms with E-state index in [0.717, 1.165) is 11.1 Å². The van der Waals surface area contributed by atoms with Crippen molar-refractivity contribution in [2.24, 2.45) is 0 Å². The van der Waals surface area contributed by atoms with Gasteiger partial charge in [0.2, 0.25) is 0 Å². The second-order valence-electron chi connectivity index (χ2n) is 7.86. The summed E-state index contributed by atoms with van der Waals surface area (Å²) in [4.78, 5) is 24.2. The Bertz CT molecular complexity index is 666. The number of carbonyl (C=O) groups excluding carboxylic acids is 2. The zero-order valence-electron chi connectivity index (χ0n) is 18.7. The van der Waals surface area contributed by atoms with E-state index in [1.165, 1.54) is 0 Å². The second-order valence-corrected chi connectivity index (χ2v) is 7.86. The minimum atomic E-state index is -0.695. The molecule has 7 nitrogen and oxygen atoms in total. The van der Waals surface area contributed by atoms with Gasteiger partial charge in [-0.1, -0.05) is 12.1 Å². The topological polar surface area (TPSA) is 83.1 Å². The number of carbonyl (C=O) groups is 2. The van der Waals surface area contributed by atoms with Crippen molar-refractivity contribution in [3.63, 3.8) is 0 Å². The number of amides is 1. The molecule has 1 rings (SSSR count). The molecule has 0 saturated heterocycles. The van der Waals surface area contributed by atoms with E-state index in [9.17, 15) is 9.59 Å². The summed E-state index contributed by atoms with van der Waals surface area (Å²) in [6.45, 7) is 13.9. The normalized spacial score (nSPS) is 12.4. The Kier molecular flexibility index (Phi) is 9.95. The Morgan fingerprint density at radius 2 is 1.79 bits per heavy atom. The zero-order valence-corrected chi connectivity index (χ0v) is 18.7. The molecule has 1 atom stereocenters. The summed E-state index contributed by atoms with van der Waals surface area (Å²) in [7, 11) is 0. The summed E-state index contributed by atoms with van der Waals surface area (Å²) in [5.74, 6) is 0.285. The van der Waals surface area contributed by atoms with Gasteiger partial charge >= 0.3 is 12.1 Å². The van der Waals surface area contributed by atoms with Gasteiger partial charge in [0.1, 0.15) is 11.4 Å². The second kappa shape index (κ2) is 11.7. The van der Waals surface area contributed by atoms with Crippen molar-refractivity contribution in [2.75, 3.05) is 13.2 Å². The smallest absolute Gasteiger partial charge is 0.407 e. The van der Waals surface area contributed by atoms with Crippen LogP contribution in [0.25, 0.3) is 0 Å². The number of nitrogens with one attached hydrogen (secondary N) is 1. The lowest BCUT2D eigenvalue weighted by atomic mass is 10.0. The molecule has 0 spiro atoms. The lowest BCUT2D eigenvalue weighted by molar-refractivity contribution is -0.159. The molecule has 0 aliphatic rings. The zero-order chi connectivity index (χ0) is 22.0. The first-order chi connectivity index (χ1) is 13.6. The van der Waals surface area contributed by atoms with Crippen molar-refractivity contribution in [1.82, 2.24) is 5.32 Å². The van der Waals surface area contributed by atoms with Crippen molar-refractivity contribution in [3.8, 4) is 5.75 Å². The first-order valence-electron chi connectivity index (χ1n) is 10.1. The summed E-state index contributed by atoms with van der Waals surface area (Å²) in [6, 6.07) is 5.62. The van der Waals surface area contributed by atoms with Crippen LogP contribution in [0.5, 0.6) is 5.75 Å². The fraction of sp³-hybridized carbons (Fsp3) is 0.636. The maximum absolute atomic E-state index is 12.2. The van der Waals surface area contributed by atoms with E-state index in [0.29, 0.717) is 25.4 Å². The van der Waals surface area contributed by atoms with Gasteiger partial charge in [-0.05, 0) is 60.1 Å². The molecule has 1 aromatic carbocycles. The summed E-state index contributed by atoms with van der Waals surface area (Å²) < 4.78 is 21.8. The van der Waals surface area contributed by atoms with Gasteiger partial charge in [-0.3, -0.25) is 0 Å². The van der Waals surface area contributed by atoms with Crippen molar-refractivity contribution in [2.45, 2.75) is 79.2 Å². The highest BCUT2D eigenvalue weighted by Crippen LogP contribution is 2.22. The molecule has 7 heteroatoms. The number of rotatable bonds is 10. The largest absolute Gasteiger partial charge is 0.494 e. The van der Waals surface area contributed by atoms with E-state index in [-0.39, 0.29) is 18.6 Å². The van der Waals surface area contributed by atoms with Crippen LogP contribution in [0.15, 0.2) is 18.2 Å². The van der Waals surface area contributed by atoms with E-state index >= 15 is 0 Å². The quantitative estimate of drug-likeness (QED) is 0.588. The average Bonchev–Trinajstić information content (AvgIpc) is 2.59. The van der Waals surface area contributed by atoms with Crippen LogP contribution in [0.3, 0.4) is 0 Å². The van der Waals surface area contributed by atoms with Crippen LogP contribution in [0, 0.1) is 0 Å². The SMILES string of the molecule is CCOC(=O)C(Cc1ccc(OCC)c(CNC(=O)OC(C)(C)C)c1)OC(C)C. The number of hydrogen-bond acceptors (Lipinski definition) is 6. The fourth-order valence-electron chi connectivity index (χ4n) is 2.64. The van der Waals surface area contributed by atoms with Gasteiger partial charge in [0, 0.05) is 18.5 Å². The van der Waals surface area contributed by atoms with Crippen LogP contribution >= 0.6 is 0 Å². The maximum atomic E-state index is 12.2. The van der Waals surface area contributed by atoms with Gasteiger partial charge in [0.15, 0.2) is 6.10 Å². The molecule has 0 saturated carbocycles. The fourth-order valence-corrected chi connectivity index (χ4v) is 2.64. The minimum absolute atomic E-state index is 0.111. The molecule has 164 valence electrons. The third-order valence-corrected chi connectivity index (χ3v) is 3.65. The summed E-state index contributed by atoms with van der Waals surface area (Å²) in [6.07, 6.45) is -0.944. The minimum Gasteiger partial charge on any atom is -0.494 e. The number of ether oxygens (including phenoxy) is 4. The van der Waals surface area contributed by atoms with E-state index in [4.69, 9.17) is 18.9 Å². The molecule has 0 radical (unpaired) electrons. The Morgan fingerprint density at radius 3 is 2.34 bits per heavy atom. The first kappa shape index (κ1) is 24.8. The lowest BCUT2D eigenvalue weighted by Gasteiger charge is -2.21. The monoisotopic (exact) mass is 409 g/mol. The number of hydrogen-bond donors (Lipinski definition) is 1. The number of alkyl carbamates (subject to hydrolysis) is 1. The van der Waals surface area contributed by atoms with Gasteiger partial charge in [-0.25, -0.2) is 9.59 Å². The molecule has 0 bridgehead atoms. The Hall–Kier alpha value is -2.28. The van der Waals surface area contributed by atoms with Crippen LogP contribution in [-0.4, -0.2) is 43.1 Å². The van der Waals surface area contributed by atoms with Gasteiger partial charge in [-0.2, -0.15) is 0 Å². The van der Waals surface area contributed by atoms with Crippen molar-refractivity contribution < 1.29 is 28.5 Å². The van der Waals surface area contributed by atoms with Crippen molar-refractivity contribution >= 4 is 12.1 Å². The van der Waals surface area contributed by atoms with Crippen LogP contribution in [0.4, 0.5) is 4.79 Å². The van der Waals surface area contributed by atoms with Crippen LogP contribution in [0.1, 0.15) is 59.6 Å². The highest BCUT2D eigenvalue weighted by Gasteiger charge is 2.23. The molecule has 0 aliphatic carbocycles. The molecule has 0 aromatic heterocycles. The van der Waals surface area contributed by atoms with Crippen molar-refractivity contribution in [1.29, 1.82) is 0 Å². The third-order valence-electron chi connectivity index (χ3n) is 3.65. The predicted molar refractivity (Wildman–Crippen MR) is 111 cm³/mol. The molecule has 29 heavy (non-hydrogen) atoms. The Labute approximate surface area is 174 Å². The standard InChI is InChI=1S/C22H35NO6/c1-8-26-18-11-10-16(13-19(28-15(3)4)20(24)27-9-2)12-17(18)14-23-21(25)29-22(5,6)7/h10-12,15,19H,8-9,13-14H2,1-7H3,(H,23,25). The Morgan fingerprint density at radius 1 is 1.10 bits per heavy atom. The van der Waals surface area contributed by atoms with Gasteiger partial charge in [0.25, 0.3) is 0 Å². The number of benzene rings is 1. The Balaban J connectivity index is 2.97. The summed E-state index contributed by atoms with van der Waals surface area (Å²) >= 11 is 0. The molecule has 1 aromatic rings. The molecular weight excluding hydrogens is 374 g/mol. The van der Waals surface area contributed by atoms with Gasteiger partial charge in [-0.15, -0.1) is 0 Å². The summed E-state index contributed by atoms with van der Waals surface area (Å²) in [5.41, 5.74) is 1.10. The van der Waals surface area contributed by atoms with E-state index in [2.05, 4.69) is 5.32 Å². The van der Waals surface area contributed by atoms with Crippen LogP contribution in [0.2, 0.25) is 0 Å². The third kappa shape index (κ3) is 9.65. The summed E-state index contributed by atoms with van der Waals surface area (Å²) in [5, 5.41) is 2.75. The average molecular weight is 410 g/mol. The molecule has 0 heterocycles.